The predicted octanol–water partition coefficient (Wildman–Crippen LogP) is 1.99. The third kappa shape index (κ3) is 5.68. The lowest BCUT2D eigenvalue weighted by Gasteiger charge is -2.56. The van der Waals surface area contributed by atoms with Crippen LogP contribution in [0.2, 0.25) is 0 Å². The first-order chi connectivity index (χ1) is 17.3. The molecule has 0 aromatic heterocycles. The molecule has 6 rings (SSSR count). The van der Waals surface area contributed by atoms with Gasteiger partial charge < -0.3 is 25.2 Å². The lowest BCUT2D eigenvalue weighted by Crippen LogP contribution is -2.70. The topological polar surface area (TPSA) is 118 Å². The number of alkyl halides is 2. The van der Waals surface area contributed by atoms with E-state index in [0.717, 1.165) is 25.7 Å². The van der Waals surface area contributed by atoms with Crippen molar-refractivity contribution in [2.75, 3.05) is 13.2 Å². The number of carbonyl (C=O) groups excluding carboxylic acids is 2. The Kier molecular flexibility index (Phi) is 8.10. The molecule has 1 aliphatic heterocycles. The molecule has 6 unspecified atom stereocenters. The molecule has 0 aromatic rings. The fourth-order valence-electron chi connectivity index (χ4n) is 6.88. The number of aliphatic hydroxyl groups is 1. The minimum absolute atomic E-state index is 0.0939. The van der Waals surface area contributed by atoms with Gasteiger partial charge >= 0.3 is 0 Å². The Morgan fingerprint density at radius 3 is 2.50 bits per heavy atom. The molecule has 0 radical (unpaired) electrons. The quantitative estimate of drug-likeness (QED) is 0.354. The summed E-state index contributed by atoms with van der Waals surface area (Å²) < 4.78 is 25.3. The monoisotopic (exact) mass is 531 g/mol. The lowest BCUT2D eigenvalue weighted by atomic mass is 9.60. The van der Waals surface area contributed by atoms with E-state index in [9.17, 15) is 19.1 Å². The van der Waals surface area contributed by atoms with Crippen molar-refractivity contribution in [2.24, 2.45) is 5.92 Å². The molecule has 2 bridgehead atoms. The summed E-state index contributed by atoms with van der Waals surface area (Å²) >= 11 is 5.92. The highest BCUT2D eigenvalue weighted by molar-refractivity contribution is 6.21. The van der Waals surface area contributed by atoms with E-state index in [-0.39, 0.29) is 55.8 Å². The fraction of sp³-hybridized carbons (Fsp3) is 0.920. The van der Waals surface area contributed by atoms with Crippen molar-refractivity contribution in [3.63, 3.8) is 0 Å². The molecule has 5 aliphatic carbocycles. The molecule has 1 heterocycles. The third-order valence-electron chi connectivity index (χ3n) is 9.08. The molecule has 2 amide bonds. The lowest BCUT2D eigenvalue weighted by molar-refractivity contribution is -0.143. The van der Waals surface area contributed by atoms with Crippen molar-refractivity contribution in [1.82, 2.24) is 16.1 Å². The Labute approximate surface area is 216 Å². The van der Waals surface area contributed by atoms with E-state index < -0.39 is 28.7 Å². The SMILES string of the molecule is O=C(COC1CCC(Cl)C(F)C1)NC12CCC(NC(=O)COC3NOC4CCCCC43)(CC1)[C@@H](O)C2. The Bertz CT molecular complexity index is 813. The predicted molar refractivity (Wildman–Crippen MR) is 129 cm³/mol. The molecule has 6 aliphatic rings. The van der Waals surface area contributed by atoms with Crippen LogP contribution in [0.5, 0.6) is 0 Å². The van der Waals surface area contributed by atoms with E-state index in [1.165, 1.54) is 0 Å². The maximum atomic E-state index is 13.8. The average molecular weight is 532 g/mol. The number of halogens is 2. The van der Waals surface area contributed by atoms with Gasteiger partial charge in [-0.25, -0.2) is 4.39 Å². The van der Waals surface area contributed by atoms with E-state index in [0.29, 0.717) is 44.9 Å². The van der Waals surface area contributed by atoms with Gasteiger partial charge in [-0.1, -0.05) is 12.8 Å². The van der Waals surface area contributed by atoms with Crippen LogP contribution in [0.3, 0.4) is 0 Å². The highest BCUT2D eigenvalue weighted by atomic mass is 35.5. The zero-order valence-electron chi connectivity index (χ0n) is 20.7. The number of hydrogen-bond acceptors (Lipinski definition) is 7. The maximum absolute atomic E-state index is 13.8. The Balaban J connectivity index is 1.06. The minimum Gasteiger partial charge on any atom is -0.391 e. The maximum Gasteiger partial charge on any atom is 0.246 e. The molecule has 9 nitrogen and oxygen atoms in total. The Hall–Kier alpha value is -1.04. The van der Waals surface area contributed by atoms with Gasteiger partial charge in [-0.2, -0.15) is 5.48 Å². The summed E-state index contributed by atoms with van der Waals surface area (Å²) in [6.45, 7) is -0.231. The van der Waals surface area contributed by atoms with Gasteiger partial charge in [-0.05, 0) is 57.8 Å². The van der Waals surface area contributed by atoms with Crippen LogP contribution in [-0.4, -0.2) is 77.3 Å². The molecule has 0 aromatic carbocycles. The molecule has 4 N–H and O–H groups in total. The van der Waals surface area contributed by atoms with Crippen molar-refractivity contribution >= 4 is 23.4 Å². The summed E-state index contributed by atoms with van der Waals surface area (Å²) in [5.41, 5.74) is 1.71. The van der Waals surface area contributed by atoms with Gasteiger partial charge in [-0.15, -0.1) is 11.6 Å². The van der Waals surface area contributed by atoms with Gasteiger partial charge in [0.1, 0.15) is 25.6 Å². The molecule has 6 fully saturated rings. The second-order valence-electron chi connectivity index (χ2n) is 11.5. The van der Waals surface area contributed by atoms with E-state index in [1.54, 1.807) is 0 Å². The summed E-state index contributed by atoms with van der Waals surface area (Å²) in [4.78, 5) is 31.0. The van der Waals surface area contributed by atoms with Crippen LogP contribution in [0.15, 0.2) is 0 Å². The summed E-state index contributed by atoms with van der Waals surface area (Å²) in [5, 5.41) is 16.6. The van der Waals surface area contributed by atoms with Crippen molar-refractivity contribution in [3.05, 3.63) is 0 Å². The molecule has 36 heavy (non-hydrogen) atoms. The molecule has 11 heteroatoms. The summed E-state index contributed by atoms with van der Waals surface area (Å²) in [5.74, 6) is -0.244. The molecule has 204 valence electrons. The first kappa shape index (κ1) is 26.6. The number of fused-ring (bicyclic) bond motifs is 4. The van der Waals surface area contributed by atoms with E-state index >= 15 is 0 Å². The van der Waals surface area contributed by atoms with Crippen molar-refractivity contribution in [1.29, 1.82) is 0 Å². The van der Waals surface area contributed by atoms with Crippen molar-refractivity contribution < 1.29 is 33.4 Å². The zero-order valence-corrected chi connectivity index (χ0v) is 21.4. The largest absolute Gasteiger partial charge is 0.391 e. The second kappa shape index (κ2) is 11.0. The average Bonchev–Trinajstić information content (AvgIpc) is 3.28. The highest BCUT2D eigenvalue weighted by Gasteiger charge is 2.55. The number of nitrogens with one attached hydrogen (secondary N) is 3. The van der Waals surface area contributed by atoms with Gasteiger partial charge in [0.25, 0.3) is 0 Å². The fourth-order valence-corrected chi connectivity index (χ4v) is 7.11. The molecular weight excluding hydrogens is 493 g/mol. The van der Waals surface area contributed by atoms with Gasteiger partial charge in [0, 0.05) is 17.9 Å². The number of hydroxylamine groups is 1. The number of aliphatic hydroxyl groups excluding tert-OH is 1. The van der Waals surface area contributed by atoms with Crippen LogP contribution in [0.1, 0.15) is 77.0 Å². The van der Waals surface area contributed by atoms with E-state index in [2.05, 4.69) is 16.1 Å². The van der Waals surface area contributed by atoms with Gasteiger partial charge in [0.2, 0.25) is 11.8 Å². The van der Waals surface area contributed by atoms with Crippen molar-refractivity contribution in [2.45, 2.75) is 124 Å². The second-order valence-corrected chi connectivity index (χ2v) is 12.0. The number of ether oxygens (including phenoxy) is 2. The van der Waals surface area contributed by atoms with Gasteiger partial charge in [-0.3, -0.25) is 14.4 Å². The first-order valence-corrected chi connectivity index (χ1v) is 13.9. The number of hydrogen-bond donors (Lipinski definition) is 4. The normalized spacial score (nSPS) is 44.1. The summed E-state index contributed by atoms with van der Waals surface area (Å²) in [6, 6.07) is 0. The smallest absolute Gasteiger partial charge is 0.246 e. The van der Waals surface area contributed by atoms with Gasteiger partial charge in [0.15, 0.2) is 0 Å². The number of carbonyl (C=O) groups is 2. The van der Waals surface area contributed by atoms with Crippen LogP contribution in [0.4, 0.5) is 4.39 Å². The number of amides is 2. The Morgan fingerprint density at radius 2 is 1.75 bits per heavy atom. The minimum atomic E-state index is -1.11. The standard InChI is InChI=1S/C25H39ClFN3O6/c26-17-6-5-15(11-18(17)27)34-13-21(32)28-24-7-9-25(10-8-24,20(31)12-24)29-22(33)14-35-23-16-3-1-2-4-19(16)36-30-23/h15-20,23,30-31H,1-14H2,(H,28,32)(H,29,33)/t15?,16?,17?,18?,19?,20-,23?,24?,25?/m0/s1. The van der Waals surface area contributed by atoms with E-state index in [1.807, 2.05) is 0 Å². The van der Waals surface area contributed by atoms with Crippen LogP contribution in [0.25, 0.3) is 0 Å². The molecule has 5 saturated carbocycles. The summed E-state index contributed by atoms with van der Waals surface area (Å²) in [6.07, 6.45) is 6.22. The molecular formula is C25H39ClFN3O6. The van der Waals surface area contributed by atoms with Gasteiger partial charge in [0.05, 0.1) is 29.2 Å². The van der Waals surface area contributed by atoms with Crippen LogP contribution >= 0.6 is 11.6 Å². The molecule has 7 atom stereocenters. The summed E-state index contributed by atoms with van der Waals surface area (Å²) in [7, 11) is 0. The number of rotatable bonds is 8. The van der Waals surface area contributed by atoms with Crippen LogP contribution in [-0.2, 0) is 23.9 Å². The third-order valence-corrected chi connectivity index (χ3v) is 9.57. The zero-order chi connectivity index (χ0) is 25.3. The van der Waals surface area contributed by atoms with E-state index in [4.69, 9.17) is 25.9 Å². The van der Waals surface area contributed by atoms with Crippen LogP contribution in [0, 0.1) is 5.92 Å². The Morgan fingerprint density at radius 1 is 1.03 bits per heavy atom. The first-order valence-electron chi connectivity index (χ1n) is 13.5. The molecule has 1 saturated heterocycles. The van der Waals surface area contributed by atoms with Crippen LogP contribution < -0.4 is 16.1 Å². The highest BCUT2D eigenvalue weighted by Crippen LogP contribution is 2.47. The van der Waals surface area contributed by atoms with Crippen molar-refractivity contribution in [3.8, 4) is 0 Å². The molecule has 0 spiro atoms.